The molecule has 0 bridgehead atoms. The molecule has 1 aliphatic heterocycles. The maximum Gasteiger partial charge on any atom is 0.148 e. The van der Waals surface area contributed by atoms with Gasteiger partial charge in [-0.1, -0.05) is 13.8 Å². The summed E-state index contributed by atoms with van der Waals surface area (Å²) in [6.45, 7) is 7.74. The molecular weight excluding hydrogens is 242 g/mol. The first kappa shape index (κ1) is 14.0. The molecule has 0 aliphatic carbocycles. The topological polar surface area (TPSA) is 87.3 Å². The van der Waals surface area contributed by atoms with Crippen molar-refractivity contribution < 1.29 is 5.11 Å². The van der Waals surface area contributed by atoms with E-state index in [9.17, 15) is 5.11 Å². The summed E-state index contributed by atoms with van der Waals surface area (Å²) in [6, 6.07) is 0. The van der Waals surface area contributed by atoms with Gasteiger partial charge in [-0.25, -0.2) is 15.8 Å². The van der Waals surface area contributed by atoms with E-state index in [1.54, 1.807) is 0 Å². The van der Waals surface area contributed by atoms with Gasteiger partial charge >= 0.3 is 0 Å². The lowest BCUT2D eigenvalue weighted by Gasteiger charge is -2.32. The molecule has 1 fully saturated rings. The van der Waals surface area contributed by atoms with Gasteiger partial charge in [-0.2, -0.15) is 0 Å². The largest absolute Gasteiger partial charge is 0.393 e. The Bertz CT molecular complexity index is 441. The van der Waals surface area contributed by atoms with Crippen LogP contribution in [0.2, 0.25) is 0 Å². The molecule has 19 heavy (non-hydrogen) atoms. The number of piperidine rings is 1. The zero-order valence-corrected chi connectivity index (χ0v) is 11.8. The van der Waals surface area contributed by atoms with Crippen LogP contribution in [0.25, 0.3) is 0 Å². The molecule has 4 N–H and O–H groups in total. The number of nitrogens with one attached hydrogen (secondary N) is 1. The van der Waals surface area contributed by atoms with Gasteiger partial charge in [0.25, 0.3) is 0 Å². The van der Waals surface area contributed by atoms with Crippen molar-refractivity contribution >= 4 is 11.6 Å². The smallest absolute Gasteiger partial charge is 0.148 e. The average molecular weight is 265 g/mol. The van der Waals surface area contributed by atoms with Gasteiger partial charge in [0.1, 0.15) is 17.5 Å². The number of hydrazine groups is 1. The van der Waals surface area contributed by atoms with Gasteiger partial charge < -0.3 is 15.4 Å². The lowest BCUT2D eigenvalue weighted by atomic mass is 10.1. The molecule has 1 aliphatic rings. The van der Waals surface area contributed by atoms with Crippen LogP contribution in [0.5, 0.6) is 0 Å². The number of nitrogens with two attached hydrogens (primary N) is 1. The van der Waals surface area contributed by atoms with E-state index in [4.69, 9.17) is 5.84 Å². The number of hydrogen-bond acceptors (Lipinski definition) is 6. The van der Waals surface area contributed by atoms with E-state index in [2.05, 4.69) is 34.1 Å². The van der Waals surface area contributed by atoms with Crippen molar-refractivity contribution in [2.45, 2.75) is 45.6 Å². The fraction of sp³-hybridized carbons (Fsp3) is 0.692. The summed E-state index contributed by atoms with van der Waals surface area (Å²) in [5.74, 6) is 8.19. The van der Waals surface area contributed by atoms with E-state index in [0.717, 1.165) is 43.1 Å². The number of anilines is 2. The van der Waals surface area contributed by atoms with Crippen molar-refractivity contribution in [1.82, 2.24) is 9.97 Å². The second-order valence-electron chi connectivity index (χ2n) is 5.40. The average Bonchev–Trinajstić information content (AvgIpc) is 2.40. The zero-order chi connectivity index (χ0) is 14.0. The van der Waals surface area contributed by atoms with Crippen molar-refractivity contribution in [3.05, 3.63) is 11.4 Å². The van der Waals surface area contributed by atoms with E-state index in [0.29, 0.717) is 5.82 Å². The van der Waals surface area contributed by atoms with Gasteiger partial charge in [-0.3, -0.25) is 0 Å². The van der Waals surface area contributed by atoms with Gasteiger partial charge in [-0.05, 0) is 19.8 Å². The van der Waals surface area contributed by atoms with Crippen molar-refractivity contribution in [2.75, 3.05) is 23.4 Å². The maximum atomic E-state index is 9.59. The molecule has 6 nitrogen and oxygen atoms in total. The minimum Gasteiger partial charge on any atom is -0.393 e. The lowest BCUT2D eigenvalue weighted by molar-refractivity contribution is 0.145. The molecule has 0 amide bonds. The third-order valence-electron chi connectivity index (χ3n) is 3.55. The number of aliphatic hydroxyl groups excluding tert-OH is 1. The minimum absolute atomic E-state index is 0.185. The van der Waals surface area contributed by atoms with Crippen molar-refractivity contribution in [3.63, 3.8) is 0 Å². The monoisotopic (exact) mass is 265 g/mol. The number of aliphatic hydroxyl groups is 1. The summed E-state index contributed by atoms with van der Waals surface area (Å²) in [7, 11) is 0. The Morgan fingerprint density at radius 2 is 1.95 bits per heavy atom. The minimum atomic E-state index is -0.185. The van der Waals surface area contributed by atoms with Gasteiger partial charge in [0.05, 0.1) is 6.10 Å². The number of hydrogen-bond donors (Lipinski definition) is 3. The van der Waals surface area contributed by atoms with Crippen molar-refractivity contribution in [3.8, 4) is 0 Å². The highest BCUT2D eigenvalue weighted by atomic mass is 16.3. The van der Waals surface area contributed by atoms with Crippen LogP contribution in [-0.2, 0) is 0 Å². The van der Waals surface area contributed by atoms with Crippen LogP contribution in [0.4, 0.5) is 11.6 Å². The summed E-state index contributed by atoms with van der Waals surface area (Å²) in [6.07, 6.45) is 1.38. The summed E-state index contributed by atoms with van der Waals surface area (Å²) in [4.78, 5) is 11.3. The highest BCUT2D eigenvalue weighted by Crippen LogP contribution is 2.27. The van der Waals surface area contributed by atoms with E-state index >= 15 is 0 Å². The molecule has 2 heterocycles. The molecule has 0 spiro atoms. The Balaban J connectivity index is 2.35. The molecule has 0 unspecified atom stereocenters. The van der Waals surface area contributed by atoms with Crippen molar-refractivity contribution in [1.29, 1.82) is 0 Å². The summed E-state index contributed by atoms with van der Waals surface area (Å²) >= 11 is 0. The van der Waals surface area contributed by atoms with Crippen LogP contribution in [-0.4, -0.2) is 34.3 Å². The van der Waals surface area contributed by atoms with E-state index in [1.807, 2.05) is 6.92 Å². The Kier molecular flexibility index (Phi) is 4.21. The molecule has 1 aromatic heterocycles. The first-order chi connectivity index (χ1) is 9.02. The van der Waals surface area contributed by atoms with Crippen LogP contribution in [0, 0.1) is 6.92 Å². The number of nitrogen functional groups attached to an aromatic ring is 1. The number of nitrogens with zero attached hydrogens (tertiary/aromatic N) is 3. The second-order valence-corrected chi connectivity index (χ2v) is 5.40. The quantitative estimate of drug-likeness (QED) is 0.561. The summed E-state index contributed by atoms with van der Waals surface area (Å²) < 4.78 is 0. The van der Waals surface area contributed by atoms with Crippen LogP contribution in [0.1, 0.15) is 44.0 Å². The molecule has 0 saturated carbocycles. The van der Waals surface area contributed by atoms with E-state index in [-0.39, 0.29) is 12.0 Å². The molecule has 0 atom stereocenters. The molecule has 2 rings (SSSR count). The molecule has 106 valence electrons. The molecule has 1 saturated heterocycles. The number of aromatic nitrogens is 2. The van der Waals surface area contributed by atoms with Crippen molar-refractivity contribution in [2.24, 2.45) is 5.84 Å². The molecule has 1 aromatic rings. The standard InChI is InChI=1S/C13H23N5O/c1-8(2)11-15-12(17-14)9(3)13(16-11)18-6-4-10(19)5-7-18/h8,10,19H,4-7,14H2,1-3H3,(H,15,16,17). The first-order valence-corrected chi connectivity index (χ1v) is 6.81. The lowest BCUT2D eigenvalue weighted by Crippen LogP contribution is -2.37. The van der Waals surface area contributed by atoms with Crippen LogP contribution >= 0.6 is 0 Å². The molecule has 0 radical (unpaired) electrons. The molecular formula is C13H23N5O. The van der Waals surface area contributed by atoms with E-state index < -0.39 is 0 Å². The third-order valence-corrected chi connectivity index (χ3v) is 3.55. The maximum absolute atomic E-state index is 9.59. The fourth-order valence-electron chi connectivity index (χ4n) is 2.31. The summed E-state index contributed by atoms with van der Waals surface area (Å²) in [5, 5.41) is 9.59. The third kappa shape index (κ3) is 2.96. The predicted octanol–water partition coefficient (Wildman–Crippen LogP) is 1.16. The van der Waals surface area contributed by atoms with Crippen LogP contribution < -0.4 is 16.2 Å². The van der Waals surface area contributed by atoms with Gasteiger partial charge in [0, 0.05) is 24.6 Å². The SMILES string of the molecule is Cc1c(NN)nc(C(C)C)nc1N1CCC(O)CC1. The highest BCUT2D eigenvalue weighted by molar-refractivity contribution is 5.58. The van der Waals surface area contributed by atoms with Gasteiger partial charge in [0.2, 0.25) is 0 Å². The molecule has 6 heteroatoms. The fourth-order valence-corrected chi connectivity index (χ4v) is 2.31. The highest BCUT2D eigenvalue weighted by Gasteiger charge is 2.22. The van der Waals surface area contributed by atoms with Crippen LogP contribution in [0.3, 0.4) is 0 Å². The predicted molar refractivity (Wildman–Crippen MR) is 76.1 cm³/mol. The first-order valence-electron chi connectivity index (χ1n) is 6.81. The second kappa shape index (κ2) is 5.71. The Morgan fingerprint density at radius 1 is 1.32 bits per heavy atom. The van der Waals surface area contributed by atoms with Crippen LogP contribution in [0.15, 0.2) is 0 Å². The van der Waals surface area contributed by atoms with Gasteiger partial charge in [-0.15, -0.1) is 0 Å². The zero-order valence-electron chi connectivity index (χ0n) is 11.8. The summed E-state index contributed by atoms with van der Waals surface area (Å²) in [5.41, 5.74) is 3.61. The molecule has 0 aromatic carbocycles. The van der Waals surface area contributed by atoms with E-state index in [1.165, 1.54) is 0 Å². The number of rotatable bonds is 3. The Hall–Kier alpha value is -1.40. The normalized spacial score (nSPS) is 17.1. The Morgan fingerprint density at radius 3 is 2.47 bits per heavy atom. The van der Waals surface area contributed by atoms with Gasteiger partial charge in [0.15, 0.2) is 0 Å². The Labute approximate surface area is 114 Å².